The second-order valence-corrected chi connectivity index (χ2v) is 4.71. The van der Waals surface area contributed by atoms with Crippen LogP contribution in [0.15, 0.2) is 42.5 Å². The van der Waals surface area contributed by atoms with Crippen LogP contribution in [-0.4, -0.2) is 31.8 Å². The summed E-state index contributed by atoms with van der Waals surface area (Å²) in [6.07, 6.45) is 0.686. The first kappa shape index (κ1) is 15.7. The number of carbonyl (C=O) groups excluding carboxylic acids is 1. The highest BCUT2D eigenvalue weighted by atomic mass is 16.5. The van der Waals surface area contributed by atoms with Crippen molar-refractivity contribution in [3.8, 4) is 17.2 Å². The molecule has 0 radical (unpaired) electrons. The van der Waals surface area contributed by atoms with Gasteiger partial charge in [-0.2, -0.15) is 0 Å². The van der Waals surface area contributed by atoms with E-state index in [0.29, 0.717) is 18.7 Å². The van der Waals surface area contributed by atoms with E-state index < -0.39 is 0 Å². The molecule has 2 rings (SSSR count). The minimum atomic E-state index is -0.358. The van der Waals surface area contributed by atoms with Crippen molar-refractivity contribution in [2.24, 2.45) is 0 Å². The molecule has 0 saturated heterocycles. The van der Waals surface area contributed by atoms with E-state index in [2.05, 4.69) is 5.32 Å². The third-order valence-corrected chi connectivity index (χ3v) is 3.31. The Kier molecular flexibility index (Phi) is 5.25. The Morgan fingerprint density at radius 3 is 2.45 bits per heavy atom. The molecule has 0 aliphatic rings. The number of phenolic OH excluding ortho intramolecular Hbond substituents is 1. The number of aromatic hydroxyl groups is 1. The molecule has 0 saturated carbocycles. The van der Waals surface area contributed by atoms with E-state index in [-0.39, 0.29) is 17.2 Å². The van der Waals surface area contributed by atoms with E-state index in [0.717, 1.165) is 11.3 Å². The molecule has 0 aliphatic carbocycles. The summed E-state index contributed by atoms with van der Waals surface area (Å²) in [5.74, 6) is 0.693. The lowest BCUT2D eigenvalue weighted by atomic mass is 10.1. The molecule has 1 amide bonds. The van der Waals surface area contributed by atoms with Crippen LogP contribution in [0.25, 0.3) is 0 Å². The van der Waals surface area contributed by atoms with Gasteiger partial charge in [-0.15, -0.1) is 0 Å². The lowest BCUT2D eigenvalue weighted by Gasteiger charge is -2.11. The van der Waals surface area contributed by atoms with Crippen LogP contribution in [0.2, 0.25) is 0 Å². The summed E-state index contributed by atoms with van der Waals surface area (Å²) in [5, 5.41) is 12.6. The van der Waals surface area contributed by atoms with Gasteiger partial charge in [-0.1, -0.05) is 18.2 Å². The number of hydrogen-bond donors (Lipinski definition) is 2. The van der Waals surface area contributed by atoms with Gasteiger partial charge in [0.15, 0.2) is 0 Å². The summed E-state index contributed by atoms with van der Waals surface area (Å²) in [6.45, 7) is 0.461. The Bertz CT molecular complexity index is 638. The van der Waals surface area contributed by atoms with E-state index in [1.165, 1.54) is 13.2 Å². The molecule has 2 aromatic rings. The first-order chi connectivity index (χ1) is 10.7. The number of methoxy groups -OCH3 is 2. The first-order valence-corrected chi connectivity index (χ1v) is 6.92. The van der Waals surface area contributed by atoms with Crippen LogP contribution in [0, 0.1) is 0 Å². The maximum atomic E-state index is 12.2. The fraction of sp³-hybridized carbons (Fsp3) is 0.235. The molecule has 0 heterocycles. The summed E-state index contributed by atoms with van der Waals surface area (Å²) < 4.78 is 10.2. The number of nitrogens with one attached hydrogen (secondary N) is 1. The number of amides is 1. The molecule has 5 nitrogen and oxygen atoms in total. The number of phenols is 1. The molecule has 0 spiro atoms. The second kappa shape index (κ2) is 7.36. The summed E-state index contributed by atoms with van der Waals surface area (Å²) >= 11 is 0. The number of hydrogen-bond acceptors (Lipinski definition) is 4. The highest BCUT2D eigenvalue weighted by molar-refractivity contribution is 5.99. The molecular formula is C17H19NO4. The Balaban J connectivity index is 1.95. The second-order valence-electron chi connectivity index (χ2n) is 4.71. The third-order valence-electron chi connectivity index (χ3n) is 3.31. The lowest BCUT2D eigenvalue weighted by molar-refractivity contribution is 0.0948. The van der Waals surface area contributed by atoms with Gasteiger partial charge in [0, 0.05) is 6.54 Å². The summed E-state index contributed by atoms with van der Waals surface area (Å²) in [5.41, 5.74) is 1.24. The van der Waals surface area contributed by atoms with Gasteiger partial charge in [-0.3, -0.25) is 4.79 Å². The predicted molar refractivity (Wildman–Crippen MR) is 83.7 cm³/mol. The average molecular weight is 301 g/mol. The molecule has 0 aromatic heterocycles. The van der Waals surface area contributed by atoms with Gasteiger partial charge >= 0.3 is 0 Å². The van der Waals surface area contributed by atoms with Crippen LogP contribution in [-0.2, 0) is 6.42 Å². The standard InChI is InChI=1S/C17H19NO4/c1-21-13-8-6-12(7-9-13)10-11-18-17(20)16-14(19)4-3-5-15(16)22-2/h3-9,19H,10-11H2,1-2H3,(H,18,20). The number of carbonyl (C=O) groups is 1. The Hall–Kier alpha value is -2.69. The topological polar surface area (TPSA) is 67.8 Å². The summed E-state index contributed by atoms with van der Waals surface area (Å²) in [6, 6.07) is 12.4. The van der Waals surface area contributed by atoms with Crippen LogP contribution in [0.1, 0.15) is 15.9 Å². The van der Waals surface area contributed by atoms with Crippen molar-refractivity contribution in [2.45, 2.75) is 6.42 Å². The largest absolute Gasteiger partial charge is 0.507 e. The van der Waals surface area contributed by atoms with E-state index in [4.69, 9.17) is 9.47 Å². The van der Waals surface area contributed by atoms with Gasteiger partial charge < -0.3 is 19.9 Å². The fourth-order valence-corrected chi connectivity index (χ4v) is 2.12. The SMILES string of the molecule is COc1ccc(CCNC(=O)c2c(O)cccc2OC)cc1. The van der Waals surface area contributed by atoms with Crippen LogP contribution >= 0.6 is 0 Å². The van der Waals surface area contributed by atoms with E-state index >= 15 is 0 Å². The zero-order valence-corrected chi connectivity index (χ0v) is 12.6. The number of benzene rings is 2. The van der Waals surface area contributed by atoms with E-state index in [9.17, 15) is 9.90 Å². The highest BCUT2D eigenvalue weighted by Gasteiger charge is 2.16. The highest BCUT2D eigenvalue weighted by Crippen LogP contribution is 2.26. The van der Waals surface area contributed by atoms with Crippen molar-refractivity contribution < 1.29 is 19.4 Å². The molecule has 5 heteroatoms. The van der Waals surface area contributed by atoms with Gasteiger partial charge in [0.25, 0.3) is 5.91 Å². The van der Waals surface area contributed by atoms with Crippen molar-refractivity contribution in [3.63, 3.8) is 0 Å². The van der Waals surface area contributed by atoms with Crippen molar-refractivity contribution in [2.75, 3.05) is 20.8 Å². The van der Waals surface area contributed by atoms with Crippen molar-refractivity contribution >= 4 is 5.91 Å². The molecule has 0 bridgehead atoms. The molecule has 2 aromatic carbocycles. The van der Waals surface area contributed by atoms with Crippen LogP contribution in [0.4, 0.5) is 0 Å². The minimum absolute atomic E-state index is 0.0960. The Labute approximate surface area is 129 Å². The van der Waals surface area contributed by atoms with Gasteiger partial charge in [0.1, 0.15) is 22.8 Å². The number of rotatable bonds is 6. The normalized spacial score (nSPS) is 10.1. The van der Waals surface area contributed by atoms with E-state index in [1.54, 1.807) is 19.2 Å². The maximum absolute atomic E-state index is 12.2. The molecule has 0 unspecified atom stereocenters. The molecule has 22 heavy (non-hydrogen) atoms. The summed E-state index contributed by atoms with van der Waals surface area (Å²) in [4.78, 5) is 12.2. The molecule has 0 atom stereocenters. The molecule has 2 N–H and O–H groups in total. The minimum Gasteiger partial charge on any atom is -0.507 e. The Morgan fingerprint density at radius 1 is 1.09 bits per heavy atom. The third kappa shape index (κ3) is 3.69. The fourth-order valence-electron chi connectivity index (χ4n) is 2.12. The van der Waals surface area contributed by atoms with Gasteiger partial charge in [-0.05, 0) is 36.2 Å². The van der Waals surface area contributed by atoms with Crippen LogP contribution in [0.3, 0.4) is 0 Å². The zero-order chi connectivity index (χ0) is 15.9. The van der Waals surface area contributed by atoms with Crippen molar-refractivity contribution in [1.29, 1.82) is 0 Å². The van der Waals surface area contributed by atoms with E-state index in [1.807, 2.05) is 24.3 Å². The van der Waals surface area contributed by atoms with Gasteiger partial charge in [-0.25, -0.2) is 0 Å². The first-order valence-electron chi connectivity index (χ1n) is 6.92. The van der Waals surface area contributed by atoms with Gasteiger partial charge in [0.05, 0.1) is 14.2 Å². The Morgan fingerprint density at radius 2 is 1.82 bits per heavy atom. The maximum Gasteiger partial charge on any atom is 0.258 e. The summed E-state index contributed by atoms with van der Waals surface area (Å²) in [7, 11) is 3.08. The molecule has 0 fully saturated rings. The molecule has 116 valence electrons. The predicted octanol–water partition coefficient (Wildman–Crippen LogP) is 2.38. The van der Waals surface area contributed by atoms with Crippen LogP contribution in [0.5, 0.6) is 17.2 Å². The van der Waals surface area contributed by atoms with Crippen molar-refractivity contribution in [3.05, 3.63) is 53.6 Å². The lowest BCUT2D eigenvalue weighted by Crippen LogP contribution is -2.26. The zero-order valence-electron chi connectivity index (χ0n) is 12.6. The average Bonchev–Trinajstić information content (AvgIpc) is 2.55. The van der Waals surface area contributed by atoms with Gasteiger partial charge in [0.2, 0.25) is 0 Å². The monoisotopic (exact) mass is 301 g/mol. The van der Waals surface area contributed by atoms with Crippen LogP contribution < -0.4 is 14.8 Å². The number of ether oxygens (including phenoxy) is 2. The smallest absolute Gasteiger partial charge is 0.258 e. The van der Waals surface area contributed by atoms with Crippen molar-refractivity contribution in [1.82, 2.24) is 5.32 Å². The quantitative estimate of drug-likeness (QED) is 0.859. The molecular weight excluding hydrogens is 282 g/mol. The molecule has 0 aliphatic heterocycles.